The molecule has 2 aromatic carbocycles. The van der Waals surface area contributed by atoms with Crippen LogP contribution in [-0.4, -0.2) is 23.0 Å². The van der Waals surface area contributed by atoms with Crippen LogP contribution in [0.5, 0.6) is 0 Å². The fourth-order valence-electron chi connectivity index (χ4n) is 2.87. The first-order valence-corrected chi connectivity index (χ1v) is 8.84. The number of hydrogen-bond acceptors (Lipinski definition) is 3. The predicted octanol–water partition coefficient (Wildman–Crippen LogP) is 4.20. The van der Waals surface area contributed by atoms with Crippen molar-refractivity contribution in [2.24, 2.45) is 0 Å². The first-order chi connectivity index (χ1) is 13.0. The molecule has 140 valence electrons. The molecule has 1 amide bonds. The second kappa shape index (κ2) is 8.49. The van der Waals surface area contributed by atoms with Crippen LogP contribution in [0.25, 0.3) is 10.9 Å². The molecule has 1 atom stereocenters. The number of aryl methyl sites for hydroxylation is 1. The summed E-state index contributed by atoms with van der Waals surface area (Å²) < 4.78 is 18.7. The molecule has 0 saturated heterocycles. The van der Waals surface area contributed by atoms with Crippen molar-refractivity contribution in [1.29, 1.82) is 0 Å². The topological polar surface area (TPSA) is 71.2 Å². The van der Waals surface area contributed by atoms with Crippen molar-refractivity contribution in [1.82, 2.24) is 4.98 Å². The van der Waals surface area contributed by atoms with Crippen LogP contribution in [0.3, 0.4) is 0 Å². The quantitative estimate of drug-likeness (QED) is 0.614. The number of benzene rings is 2. The average molecular weight is 368 g/mol. The Kier molecular flexibility index (Phi) is 5.86. The van der Waals surface area contributed by atoms with Gasteiger partial charge in [-0.3, -0.25) is 9.59 Å². The molecule has 2 N–H and O–H groups in total. The summed E-state index contributed by atoms with van der Waals surface area (Å²) in [6, 6.07) is 13.8. The number of H-pyrrole nitrogens is 1. The van der Waals surface area contributed by atoms with E-state index < -0.39 is 23.8 Å². The van der Waals surface area contributed by atoms with Gasteiger partial charge in [0, 0.05) is 23.5 Å². The van der Waals surface area contributed by atoms with Gasteiger partial charge in [-0.2, -0.15) is 0 Å². The maximum atomic E-state index is 13.6. The fraction of sp³-hybridized carbons (Fsp3) is 0.238. The second-order valence-electron chi connectivity index (χ2n) is 6.31. The van der Waals surface area contributed by atoms with Gasteiger partial charge in [-0.05, 0) is 43.5 Å². The molecule has 1 aromatic heterocycles. The Morgan fingerprint density at radius 1 is 1.15 bits per heavy atom. The van der Waals surface area contributed by atoms with Gasteiger partial charge < -0.3 is 15.0 Å². The van der Waals surface area contributed by atoms with Gasteiger partial charge in [-0.1, -0.05) is 30.3 Å². The van der Waals surface area contributed by atoms with Crippen LogP contribution in [0.4, 0.5) is 10.1 Å². The first-order valence-electron chi connectivity index (χ1n) is 8.84. The lowest BCUT2D eigenvalue weighted by atomic mass is 10.1. The van der Waals surface area contributed by atoms with Crippen LogP contribution < -0.4 is 5.32 Å². The molecule has 0 saturated carbocycles. The molecule has 1 heterocycles. The van der Waals surface area contributed by atoms with Gasteiger partial charge in [0.15, 0.2) is 6.10 Å². The standard InChI is InChI=1S/C21H21FN2O3/c1-14(21(26)24-19-11-5-3-9-17(19)22)27-20(25)12-6-7-15-13-23-18-10-4-2-8-16(15)18/h2-5,8-11,13-14,23H,6-7,12H2,1H3,(H,24,26)/t14-/m1/s1. The lowest BCUT2D eigenvalue weighted by Gasteiger charge is -2.13. The Bertz CT molecular complexity index is 951. The highest BCUT2D eigenvalue weighted by Gasteiger charge is 2.19. The highest BCUT2D eigenvalue weighted by atomic mass is 19.1. The molecular weight excluding hydrogens is 347 g/mol. The number of amides is 1. The number of para-hydroxylation sites is 2. The minimum atomic E-state index is -0.995. The molecule has 0 aliphatic rings. The summed E-state index contributed by atoms with van der Waals surface area (Å²) in [5.74, 6) is -1.56. The number of fused-ring (bicyclic) bond motifs is 1. The molecule has 0 spiro atoms. The Hall–Kier alpha value is -3.15. The summed E-state index contributed by atoms with van der Waals surface area (Å²) in [7, 11) is 0. The summed E-state index contributed by atoms with van der Waals surface area (Å²) in [4.78, 5) is 27.2. The van der Waals surface area contributed by atoms with E-state index in [0.717, 1.165) is 22.9 Å². The molecule has 0 aliphatic carbocycles. The number of aromatic amines is 1. The van der Waals surface area contributed by atoms with Crippen LogP contribution in [-0.2, 0) is 20.7 Å². The van der Waals surface area contributed by atoms with Crippen molar-refractivity contribution >= 4 is 28.5 Å². The van der Waals surface area contributed by atoms with Gasteiger partial charge in [-0.15, -0.1) is 0 Å². The molecule has 27 heavy (non-hydrogen) atoms. The molecule has 3 aromatic rings. The van der Waals surface area contributed by atoms with E-state index in [1.165, 1.54) is 25.1 Å². The molecule has 0 aliphatic heterocycles. The number of esters is 1. The Morgan fingerprint density at radius 2 is 1.89 bits per heavy atom. The number of carbonyl (C=O) groups is 2. The number of hydrogen-bond donors (Lipinski definition) is 2. The molecule has 6 heteroatoms. The summed E-state index contributed by atoms with van der Waals surface area (Å²) in [6.45, 7) is 1.47. The third-order valence-electron chi connectivity index (χ3n) is 4.31. The highest BCUT2D eigenvalue weighted by molar-refractivity contribution is 5.95. The molecule has 0 unspecified atom stereocenters. The van der Waals surface area contributed by atoms with Crippen molar-refractivity contribution in [3.63, 3.8) is 0 Å². The highest BCUT2D eigenvalue weighted by Crippen LogP contribution is 2.19. The molecule has 0 fully saturated rings. The van der Waals surface area contributed by atoms with Crippen molar-refractivity contribution < 1.29 is 18.7 Å². The van der Waals surface area contributed by atoms with Crippen molar-refractivity contribution in [2.45, 2.75) is 32.3 Å². The van der Waals surface area contributed by atoms with Crippen LogP contribution in [0.2, 0.25) is 0 Å². The monoisotopic (exact) mass is 368 g/mol. The van der Waals surface area contributed by atoms with Crippen molar-refractivity contribution in [3.05, 3.63) is 66.1 Å². The van der Waals surface area contributed by atoms with Crippen LogP contribution >= 0.6 is 0 Å². The minimum Gasteiger partial charge on any atom is -0.453 e. The van der Waals surface area contributed by atoms with Crippen LogP contribution in [0.15, 0.2) is 54.7 Å². The number of rotatable bonds is 7. The molecule has 5 nitrogen and oxygen atoms in total. The molecule has 3 rings (SSSR count). The molecule has 0 radical (unpaired) electrons. The summed E-state index contributed by atoms with van der Waals surface area (Å²) in [5, 5.41) is 3.56. The minimum absolute atomic E-state index is 0.0599. The fourth-order valence-corrected chi connectivity index (χ4v) is 2.87. The van der Waals surface area contributed by atoms with Crippen LogP contribution in [0, 0.1) is 5.82 Å². The van der Waals surface area contributed by atoms with E-state index in [1.54, 1.807) is 6.07 Å². The summed E-state index contributed by atoms with van der Waals surface area (Å²) >= 11 is 0. The van der Waals surface area contributed by atoms with Gasteiger partial charge in [0.25, 0.3) is 5.91 Å². The van der Waals surface area contributed by atoms with E-state index in [2.05, 4.69) is 10.3 Å². The third kappa shape index (κ3) is 4.73. The maximum absolute atomic E-state index is 13.6. The normalized spacial score (nSPS) is 11.9. The zero-order chi connectivity index (χ0) is 19.2. The molecule has 0 bridgehead atoms. The third-order valence-corrected chi connectivity index (χ3v) is 4.31. The smallest absolute Gasteiger partial charge is 0.306 e. The van der Waals surface area contributed by atoms with Gasteiger partial charge in [0.2, 0.25) is 0 Å². The van der Waals surface area contributed by atoms with E-state index in [4.69, 9.17) is 4.74 Å². The van der Waals surface area contributed by atoms with Crippen LogP contribution in [0.1, 0.15) is 25.3 Å². The zero-order valence-electron chi connectivity index (χ0n) is 15.0. The number of ether oxygens (including phenoxy) is 1. The van der Waals surface area contributed by atoms with E-state index in [-0.39, 0.29) is 12.1 Å². The van der Waals surface area contributed by atoms with Gasteiger partial charge in [0.1, 0.15) is 5.82 Å². The number of halogens is 1. The summed E-state index contributed by atoms with van der Waals surface area (Å²) in [5.41, 5.74) is 2.27. The Balaban J connectivity index is 1.46. The van der Waals surface area contributed by atoms with Gasteiger partial charge in [0.05, 0.1) is 5.69 Å². The number of carbonyl (C=O) groups excluding carboxylic acids is 2. The zero-order valence-corrected chi connectivity index (χ0v) is 15.0. The van der Waals surface area contributed by atoms with Gasteiger partial charge in [-0.25, -0.2) is 4.39 Å². The van der Waals surface area contributed by atoms with E-state index in [9.17, 15) is 14.0 Å². The second-order valence-corrected chi connectivity index (χ2v) is 6.31. The number of aromatic nitrogens is 1. The maximum Gasteiger partial charge on any atom is 0.306 e. The SMILES string of the molecule is C[C@@H](OC(=O)CCCc1c[nH]c2ccccc12)C(=O)Nc1ccccc1F. The lowest BCUT2D eigenvalue weighted by Crippen LogP contribution is -2.30. The summed E-state index contributed by atoms with van der Waals surface area (Å²) in [6.07, 6.45) is 2.50. The molecular formula is C21H21FN2O3. The Labute approximate surface area is 156 Å². The Morgan fingerprint density at radius 3 is 2.70 bits per heavy atom. The predicted molar refractivity (Wildman–Crippen MR) is 102 cm³/mol. The average Bonchev–Trinajstić information content (AvgIpc) is 3.07. The van der Waals surface area contributed by atoms with Crippen molar-refractivity contribution in [2.75, 3.05) is 5.32 Å². The number of anilines is 1. The van der Waals surface area contributed by atoms with E-state index in [1.807, 2.05) is 30.5 Å². The van der Waals surface area contributed by atoms with Gasteiger partial charge >= 0.3 is 5.97 Å². The lowest BCUT2D eigenvalue weighted by molar-refractivity contribution is -0.153. The first kappa shape index (κ1) is 18.6. The van der Waals surface area contributed by atoms with E-state index >= 15 is 0 Å². The largest absolute Gasteiger partial charge is 0.453 e. The number of nitrogens with one attached hydrogen (secondary N) is 2. The van der Waals surface area contributed by atoms with E-state index in [0.29, 0.717) is 6.42 Å². The van der Waals surface area contributed by atoms with Crippen molar-refractivity contribution in [3.8, 4) is 0 Å².